The molecule has 0 aliphatic carbocycles. The predicted molar refractivity (Wildman–Crippen MR) is 84.2 cm³/mol. The molecule has 0 unspecified atom stereocenters. The number of rotatable bonds is 3. The van der Waals surface area contributed by atoms with Gasteiger partial charge in [0.25, 0.3) is 0 Å². The van der Waals surface area contributed by atoms with E-state index in [-0.39, 0.29) is 5.82 Å². The van der Waals surface area contributed by atoms with E-state index in [2.05, 4.69) is 15.3 Å². The Morgan fingerprint density at radius 2 is 1.95 bits per heavy atom. The van der Waals surface area contributed by atoms with E-state index in [9.17, 15) is 4.39 Å². The number of nitrogens with zero attached hydrogens (tertiary/aromatic N) is 3. The SMILES string of the molecule is Fc1ccc2c(c1)nc(NCc1ccccc1)c1nccn12. The largest absolute Gasteiger partial charge is 0.363 e. The number of aromatic nitrogens is 3. The number of halogens is 1. The van der Waals surface area contributed by atoms with Crippen LogP contribution in [-0.2, 0) is 6.54 Å². The van der Waals surface area contributed by atoms with Gasteiger partial charge >= 0.3 is 0 Å². The molecular weight excluding hydrogens is 279 g/mol. The van der Waals surface area contributed by atoms with Crippen LogP contribution in [-0.4, -0.2) is 14.4 Å². The Bertz CT molecular complexity index is 947. The molecule has 0 saturated carbocycles. The summed E-state index contributed by atoms with van der Waals surface area (Å²) in [6, 6.07) is 14.6. The summed E-state index contributed by atoms with van der Waals surface area (Å²) >= 11 is 0. The molecule has 2 aromatic heterocycles. The Labute approximate surface area is 126 Å². The maximum atomic E-state index is 13.5. The normalized spacial score (nSPS) is 11.1. The van der Waals surface area contributed by atoms with Crippen molar-refractivity contribution < 1.29 is 4.39 Å². The minimum absolute atomic E-state index is 0.298. The van der Waals surface area contributed by atoms with E-state index in [4.69, 9.17) is 0 Å². The van der Waals surface area contributed by atoms with Crippen molar-refractivity contribution in [3.05, 3.63) is 72.3 Å². The number of hydrogen-bond donors (Lipinski definition) is 1. The van der Waals surface area contributed by atoms with E-state index in [1.165, 1.54) is 12.1 Å². The molecule has 2 aromatic carbocycles. The number of imidazole rings is 1. The first-order valence-corrected chi connectivity index (χ1v) is 7.01. The first-order valence-electron chi connectivity index (χ1n) is 7.01. The van der Waals surface area contributed by atoms with Crippen molar-refractivity contribution in [3.63, 3.8) is 0 Å². The maximum absolute atomic E-state index is 13.5. The highest BCUT2D eigenvalue weighted by Crippen LogP contribution is 2.21. The summed E-state index contributed by atoms with van der Waals surface area (Å²) in [5, 5.41) is 3.28. The number of anilines is 1. The standard InChI is InChI=1S/C17H13FN4/c18-13-6-7-15-14(10-13)21-16(17-19-8-9-22(15)17)20-11-12-4-2-1-3-5-12/h1-10H,11H2,(H,20,21). The summed E-state index contributed by atoms with van der Waals surface area (Å²) in [5.41, 5.74) is 3.31. The van der Waals surface area contributed by atoms with E-state index in [1.807, 2.05) is 40.9 Å². The molecule has 4 aromatic rings. The van der Waals surface area contributed by atoms with Crippen LogP contribution in [0.25, 0.3) is 16.7 Å². The van der Waals surface area contributed by atoms with Crippen LogP contribution in [0.2, 0.25) is 0 Å². The molecular formula is C17H13FN4. The predicted octanol–water partition coefficient (Wildman–Crippen LogP) is 3.63. The molecule has 22 heavy (non-hydrogen) atoms. The lowest BCUT2D eigenvalue weighted by Gasteiger charge is -2.09. The van der Waals surface area contributed by atoms with Crippen molar-refractivity contribution in [2.45, 2.75) is 6.54 Å². The van der Waals surface area contributed by atoms with Crippen molar-refractivity contribution in [2.75, 3.05) is 5.32 Å². The summed E-state index contributed by atoms with van der Waals surface area (Å²) in [6.07, 6.45) is 3.57. The van der Waals surface area contributed by atoms with Gasteiger partial charge in [-0.05, 0) is 17.7 Å². The zero-order chi connectivity index (χ0) is 14.9. The molecule has 4 nitrogen and oxygen atoms in total. The van der Waals surface area contributed by atoms with Gasteiger partial charge in [0.1, 0.15) is 5.82 Å². The fourth-order valence-electron chi connectivity index (χ4n) is 2.53. The van der Waals surface area contributed by atoms with E-state index in [0.29, 0.717) is 17.9 Å². The van der Waals surface area contributed by atoms with Gasteiger partial charge in [-0.25, -0.2) is 14.4 Å². The highest BCUT2D eigenvalue weighted by molar-refractivity contribution is 5.82. The molecule has 0 fully saturated rings. The van der Waals surface area contributed by atoms with Gasteiger partial charge < -0.3 is 5.32 Å². The van der Waals surface area contributed by atoms with E-state index in [1.54, 1.807) is 12.3 Å². The number of fused-ring (bicyclic) bond motifs is 3. The number of nitrogens with one attached hydrogen (secondary N) is 1. The molecule has 0 radical (unpaired) electrons. The quantitative estimate of drug-likeness (QED) is 0.627. The smallest absolute Gasteiger partial charge is 0.180 e. The second kappa shape index (κ2) is 5.11. The van der Waals surface area contributed by atoms with Crippen molar-refractivity contribution in [3.8, 4) is 0 Å². The molecule has 0 atom stereocenters. The molecule has 0 saturated heterocycles. The summed E-state index contributed by atoms with van der Waals surface area (Å²) in [5.74, 6) is 0.348. The van der Waals surface area contributed by atoms with Crippen LogP contribution in [0.1, 0.15) is 5.56 Å². The van der Waals surface area contributed by atoms with Crippen LogP contribution in [0.15, 0.2) is 60.9 Å². The third-order valence-electron chi connectivity index (χ3n) is 3.58. The van der Waals surface area contributed by atoms with Gasteiger partial charge in [0, 0.05) is 25.0 Å². The average molecular weight is 292 g/mol. The van der Waals surface area contributed by atoms with E-state index in [0.717, 1.165) is 16.7 Å². The van der Waals surface area contributed by atoms with Gasteiger partial charge in [0.05, 0.1) is 11.0 Å². The Morgan fingerprint density at radius 1 is 1.09 bits per heavy atom. The molecule has 5 heteroatoms. The Balaban J connectivity index is 1.79. The van der Waals surface area contributed by atoms with Gasteiger partial charge in [-0.15, -0.1) is 0 Å². The second-order valence-corrected chi connectivity index (χ2v) is 5.05. The van der Waals surface area contributed by atoms with Crippen LogP contribution < -0.4 is 5.32 Å². The highest BCUT2D eigenvalue weighted by Gasteiger charge is 2.09. The van der Waals surface area contributed by atoms with Gasteiger partial charge in [0.2, 0.25) is 0 Å². The molecule has 0 amide bonds. The molecule has 1 N–H and O–H groups in total. The summed E-state index contributed by atoms with van der Waals surface area (Å²) in [4.78, 5) is 8.86. The molecule has 108 valence electrons. The first-order chi connectivity index (χ1) is 10.8. The summed E-state index contributed by atoms with van der Waals surface area (Å²) < 4.78 is 15.4. The number of benzene rings is 2. The maximum Gasteiger partial charge on any atom is 0.180 e. The Morgan fingerprint density at radius 3 is 2.82 bits per heavy atom. The molecule has 0 aliphatic rings. The lowest BCUT2D eigenvalue weighted by molar-refractivity contribution is 0.629. The average Bonchev–Trinajstić information content (AvgIpc) is 3.03. The van der Waals surface area contributed by atoms with Crippen LogP contribution in [0.5, 0.6) is 0 Å². The Kier molecular flexibility index (Phi) is 2.96. The minimum atomic E-state index is -0.298. The third kappa shape index (κ3) is 2.16. The van der Waals surface area contributed by atoms with Crippen molar-refractivity contribution in [1.82, 2.24) is 14.4 Å². The monoisotopic (exact) mass is 292 g/mol. The first kappa shape index (κ1) is 12.8. The van der Waals surface area contributed by atoms with E-state index < -0.39 is 0 Å². The van der Waals surface area contributed by atoms with Gasteiger partial charge in [-0.2, -0.15) is 0 Å². The fourth-order valence-corrected chi connectivity index (χ4v) is 2.53. The zero-order valence-electron chi connectivity index (χ0n) is 11.7. The van der Waals surface area contributed by atoms with Crippen LogP contribution in [0.4, 0.5) is 10.2 Å². The van der Waals surface area contributed by atoms with E-state index >= 15 is 0 Å². The third-order valence-corrected chi connectivity index (χ3v) is 3.58. The molecule has 4 rings (SSSR count). The molecule has 0 bridgehead atoms. The van der Waals surface area contributed by atoms with Crippen molar-refractivity contribution >= 4 is 22.5 Å². The summed E-state index contributed by atoms with van der Waals surface area (Å²) in [6.45, 7) is 0.636. The fraction of sp³-hybridized carbons (Fsp3) is 0.0588. The van der Waals surface area contributed by atoms with Gasteiger partial charge in [-0.3, -0.25) is 4.40 Å². The van der Waals surface area contributed by atoms with Gasteiger partial charge in [-0.1, -0.05) is 30.3 Å². The lowest BCUT2D eigenvalue weighted by atomic mass is 10.2. The van der Waals surface area contributed by atoms with Crippen molar-refractivity contribution in [1.29, 1.82) is 0 Å². The Hall–Kier alpha value is -2.95. The van der Waals surface area contributed by atoms with Gasteiger partial charge in [0.15, 0.2) is 11.5 Å². The lowest BCUT2D eigenvalue weighted by Crippen LogP contribution is -2.04. The van der Waals surface area contributed by atoms with Crippen LogP contribution in [0.3, 0.4) is 0 Å². The summed E-state index contributed by atoms with van der Waals surface area (Å²) in [7, 11) is 0. The van der Waals surface area contributed by atoms with Crippen molar-refractivity contribution in [2.24, 2.45) is 0 Å². The minimum Gasteiger partial charge on any atom is -0.363 e. The highest BCUT2D eigenvalue weighted by atomic mass is 19.1. The molecule has 0 aliphatic heterocycles. The zero-order valence-corrected chi connectivity index (χ0v) is 11.7. The molecule has 0 spiro atoms. The van der Waals surface area contributed by atoms with Crippen LogP contribution >= 0.6 is 0 Å². The van der Waals surface area contributed by atoms with Crippen LogP contribution in [0, 0.1) is 5.82 Å². The second-order valence-electron chi connectivity index (χ2n) is 5.05. The topological polar surface area (TPSA) is 42.2 Å². The molecule has 2 heterocycles. The number of hydrogen-bond acceptors (Lipinski definition) is 3.